The second-order valence-electron chi connectivity index (χ2n) is 4.03. The highest BCUT2D eigenvalue weighted by Gasteiger charge is 2.15. The van der Waals surface area contributed by atoms with E-state index in [0.717, 1.165) is 18.4 Å². The Labute approximate surface area is 117 Å². The largest absolute Gasteiger partial charge is 0.284 e. The first-order valence-electron chi connectivity index (χ1n) is 5.78. The van der Waals surface area contributed by atoms with Crippen LogP contribution in [0.25, 0.3) is 0 Å². The van der Waals surface area contributed by atoms with Gasteiger partial charge in [-0.3, -0.25) is 9.82 Å². The molecule has 2 N–H and O–H groups in total. The number of rotatable bonds is 6. The van der Waals surface area contributed by atoms with Gasteiger partial charge in [0.05, 0.1) is 6.20 Å². The molecule has 0 unspecified atom stereocenters. The fraction of sp³-hybridized carbons (Fsp3) is 0.250. The van der Waals surface area contributed by atoms with Gasteiger partial charge in [-0.15, -0.1) is 11.6 Å². The molecule has 0 aliphatic carbocycles. The monoisotopic (exact) mass is 299 g/mol. The molecule has 2 rings (SSSR count). The van der Waals surface area contributed by atoms with Gasteiger partial charge in [0.1, 0.15) is 4.90 Å². The number of alkyl halides is 1. The van der Waals surface area contributed by atoms with Crippen LogP contribution in [-0.2, 0) is 16.4 Å². The summed E-state index contributed by atoms with van der Waals surface area (Å²) in [5.41, 5.74) is 1.58. The second kappa shape index (κ2) is 6.08. The van der Waals surface area contributed by atoms with E-state index in [0.29, 0.717) is 11.6 Å². The third-order valence-corrected chi connectivity index (χ3v) is 4.18. The predicted octanol–water partition coefficient (Wildman–Crippen LogP) is 2.38. The van der Waals surface area contributed by atoms with Crippen LogP contribution >= 0.6 is 11.6 Å². The highest BCUT2D eigenvalue weighted by atomic mass is 35.5. The molecule has 7 heteroatoms. The van der Waals surface area contributed by atoms with Crippen LogP contribution in [0.4, 0.5) is 5.69 Å². The van der Waals surface area contributed by atoms with E-state index in [-0.39, 0.29) is 4.90 Å². The zero-order chi connectivity index (χ0) is 13.7. The summed E-state index contributed by atoms with van der Waals surface area (Å²) in [5, 5.41) is 6.11. The smallest absolute Gasteiger partial charge is 0.265 e. The molecule has 0 aliphatic rings. The van der Waals surface area contributed by atoms with Crippen molar-refractivity contribution >= 4 is 27.3 Å². The third kappa shape index (κ3) is 3.71. The maximum atomic E-state index is 12.0. The molecule has 0 saturated carbocycles. The number of anilines is 1. The fourth-order valence-corrected chi connectivity index (χ4v) is 2.75. The van der Waals surface area contributed by atoms with Crippen molar-refractivity contribution in [1.82, 2.24) is 10.2 Å². The second-order valence-corrected chi connectivity index (χ2v) is 6.09. The molecule has 1 heterocycles. The van der Waals surface area contributed by atoms with Crippen molar-refractivity contribution in [2.75, 3.05) is 10.6 Å². The van der Waals surface area contributed by atoms with E-state index in [1.165, 1.54) is 12.4 Å². The number of hydrogen-bond acceptors (Lipinski definition) is 3. The number of halogens is 1. The van der Waals surface area contributed by atoms with E-state index >= 15 is 0 Å². The van der Waals surface area contributed by atoms with Crippen molar-refractivity contribution in [1.29, 1.82) is 0 Å². The number of aromatic amines is 1. The van der Waals surface area contributed by atoms with Gasteiger partial charge in [0.25, 0.3) is 10.0 Å². The topological polar surface area (TPSA) is 74.8 Å². The molecule has 0 fully saturated rings. The third-order valence-electron chi connectivity index (χ3n) is 2.56. The minimum absolute atomic E-state index is 0.110. The summed E-state index contributed by atoms with van der Waals surface area (Å²) in [5.74, 6) is 0.588. The van der Waals surface area contributed by atoms with Gasteiger partial charge in [-0.1, -0.05) is 12.1 Å². The lowest BCUT2D eigenvalue weighted by molar-refractivity contribution is 0.601. The van der Waals surface area contributed by atoms with Gasteiger partial charge in [-0.25, -0.2) is 8.42 Å². The molecule has 5 nitrogen and oxygen atoms in total. The molecule has 0 bridgehead atoms. The summed E-state index contributed by atoms with van der Waals surface area (Å²) in [4.78, 5) is 0.110. The van der Waals surface area contributed by atoms with Crippen molar-refractivity contribution in [2.24, 2.45) is 0 Å². The first-order chi connectivity index (χ1) is 9.12. The molecular formula is C12H14ClN3O2S. The summed E-state index contributed by atoms with van der Waals surface area (Å²) >= 11 is 5.64. The highest BCUT2D eigenvalue weighted by Crippen LogP contribution is 2.17. The Morgan fingerprint density at radius 1 is 1.37 bits per heavy atom. The maximum Gasteiger partial charge on any atom is 0.265 e. The lowest BCUT2D eigenvalue weighted by Crippen LogP contribution is -2.12. The number of aromatic nitrogens is 2. The minimum Gasteiger partial charge on any atom is -0.284 e. The SMILES string of the molecule is O=S(=O)(Nc1cccc(CCCCl)c1)c1cn[nH]c1. The van der Waals surface area contributed by atoms with Gasteiger partial charge in [0.15, 0.2) is 0 Å². The van der Waals surface area contributed by atoms with E-state index in [1.54, 1.807) is 6.07 Å². The van der Waals surface area contributed by atoms with Crippen LogP contribution in [0.15, 0.2) is 41.6 Å². The van der Waals surface area contributed by atoms with Crippen LogP contribution in [0.1, 0.15) is 12.0 Å². The molecule has 0 radical (unpaired) electrons. The van der Waals surface area contributed by atoms with Crippen LogP contribution in [-0.4, -0.2) is 24.5 Å². The standard InChI is InChI=1S/C12H14ClN3O2S/c13-6-2-4-10-3-1-5-11(7-10)16-19(17,18)12-8-14-15-9-12/h1,3,5,7-9,16H,2,4,6H2,(H,14,15). The lowest BCUT2D eigenvalue weighted by atomic mass is 10.1. The van der Waals surface area contributed by atoms with Crippen LogP contribution in [0.5, 0.6) is 0 Å². The van der Waals surface area contributed by atoms with Crippen molar-refractivity contribution < 1.29 is 8.42 Å². The van der Waals surface area contributed by atoms with Crippen molar-refractivity contribution in [2.45, 2.75) is 17.7 Å². The Hall–Kier alpha value is -1.53. The van der Waals surface area contributed by atoms with Gasteiger partial charge >= 0.3 is 0 Å². The summed E-state index contributed by atoms with van der Waals surface area (Å²) in [6.45, 7) is 0. The molecule has 0 saturated heterocycles. The first-order valence-corrected chi connectivity index (χ1v) is 7.80. The molecule has 0 atom stereocenters. The molecule has 0 aliphatic heterocycles. The zero-order valence-corrected chi connectivity index (χ0v) is 11.7. The number of aryl methyl sites for hydroxylation is 1. The molecule has 2 aromatic rings. The minimum atomic E-state index is -3.58. The Balaban J connectivity index is 2.15. The van der Waals surface area contributed by atoms with Crippen LogP contribution < -0.4 is 4.72 Å². The molecule has 0 spiro atoms. The van der Waals surface area contributed by atoms with Crippen LogP contribution in [0.3, 0.4) is 0 Å². The Bertz CT molecular complexity index is 626. The Kier molecular flexibility index (Phi) is 4.44. The van der Waals surface area contributed by atoms with E-state index in [4.69, 9.17) is 11.6 Å². The van der Waals surface area contributed by atoms with Crippen molar-refractivity contribution in [3.05, 3.63) is 42.2 Å². The quantitative estimate of drug-likeness (QED) is 0.804. The molecule has 102 valence electrons. The van der Waals surface area contributed by atoms with Gasteiger partial charge in [0.2, 0.25) is 0 Å². The van der Waals surface area contributed by atoms with E-state index in [1.807, 2.05) is 18.2 Å². The normalized spacial score (nSPS) is 11.4. The number of benzene rings is 1. The lowest BCUT2D eigenvalue weighted by Gasteiger charge is -2.07. The molecular weight excluding hydrogens is 286 g/mol. The fourth-order valence-electron chi connectivity index (χ4n) is 1.66. The average molecular weight is 300 g/mol. The molecule has 0 amide bonds. The molecule has 1 aromatic carbocycles. The van der Waals surface area contributed by atoms with E-state index < -0.39 is 10.0 Å². The summed E-state index contributed by atoms with van der Waals surface area (Å²) in [6.07, 6.45) is 4.28. The number of hydrogen-bond donors (Lipinski definition) is 2. The van der Waals surface area contributed by atoms with Crippen LogP contribution in [0, 0.1) is 0 Å². The van der Waals surface area contributed by atoms with Gasteiger partial charge in [-0.2, -0.15) is 5.10 Å². The zero-order valence-electron chi connectivity index (χ0n) is 10.1. The van der Waals surface area contributed by atoms with Gasteiger partial charge in [-0.05, 0) is 30.5 Å². The highest BCUT2D eigenvalue weighted by molar-refractivity contribution is 7.92. The summed E-state index contributed by atoms with van der Waals surface area (Å²) in [6, 6.07) is 7.28. The van der Waals surface area contributed by atoms with Gasteiger partial charge < -0.3 is 0 Å². The first kappa shape index (κ1) is 13.9. The van der Waals surface area contributed by atoms with Crippen LogP contribution in [0.2, 0.25) is 0 Å². The summed E-state index contributed by atoms with van der Waals surface area (Å²) in [7, 11) is -3.58. The Morgan fingerprint density at radius 3 is 2.89 bits per heavy atom. The van der Waals surface area contributed by atoms with Gasteiger partial charge in [0, 0.05) is 17.8 Å². The average Bonchev–Trinajstić information content (AvgIpc) is 2.91. The number of H-pyrrole nitrogens is 1. The van der Waals surface area contributed by atoms with E-state index in [9.17, 15) is 8.42 Å². The maximum absolute atomic E-state index is 12.0. The van der Waals surface area contributed by atoms with Crippen molar-refractivity contribution in [3.63, 3.8) is 0 Å². The number of nitrogens with one attached hydrogen (secondary N) is 2. The van der Waals surface area contributed by atoms with E-state index in [2.05, 4.69) is 14.9 Å². The molecule has 19 heavy (non-hydrogen) atoms. The summed E-state index contributed by atoms with van der Waals surface area (Å²) < 4.78 is 26.5. The molecule has 1 aromatic heterocycles. The Morgan fingerprint density at radius 2 is 2.21 bits per heavy atom. The van der Waals surface area contributed by atoms with Crippen molar-refractivity contribution in [3.8, 4) is 0 Å². The predicted molar refractivity (Wildman–Crippen MR) is 74.9 cm³/mol. The number of sulfonamides is 1. The number of nitrogens with zero attached hydrogens (tertiary/aromatic N) is 1.